The maximum atomic E-state index is 13.2. The number of nitrogens with zero attached hydrogens (tertiary/aromatic N) is 4. The van der Waals surface area contributed by atoms with Gasteiger partial charge in [0.15, 0.2) is 0 Å². The largest absolute Gasteiger partial charge is 0.497 e. The minimum atomic E-state index is -3.62. The van der Waals surface area contributed by atoms with E-state index in [0.717, 1.165) is 17.0 Å². The fraction of sp³-hybridized carbons (Fsp3) is 0.267. The Kier molecular flexibility index (Phi) is 8.55. The van der Waals surface area contributed by atoms with Gasteiger partial charge in [-0.25, -0.2) is 8.42 Å². The van der Waals surface area contributed by atoms with Crippen molar-refractivity contribution in [3.8, 4) is 11.5 Å². The van der Waals surface area contributed by atoms with Crippen LogP contribution in [0.25, 0.3) is 0 Å². The Bertz CT molecular complexity index is 1550. The van der Waals surface area contributed by atoms with Gasteiger partial charge in [-0.3, -0.25) is 0 Å². The molecule has 0 amide bonds. The maximum absolute atomic E-state index is 13.2. The molecule has 11 heteroatoms. The zero-order valence-corrected chi connectivity index (χ0v) is 24.2. The second kappa shape index (κ2) is 12.4. The number of aromatic nitrogens is 2. The number of aryl methyl sites for hydroxylation is 1. The van der Waals surface area contributed by atoms with E-state index in [2.05, 4.69) is 10.6 Å². The van der Waals surface area contributed by atoms with Crippen LogP contribution in [0.2, 0.25) is 0 Å². The summed E-state index contributed by atoms with van der Waals surface area (Å²) >= 11 is 0. The summed E-state index contributed by atoms with van der Waals surface area (Å²) in [4.78, 5) is 11.8. The Morgan fingerprint density at radius 1 is 0.780 bits per heavy atom. The van der Waals surface area contributed by atoms with Gasteiger partial charge in [0.1, 0.15) is 23.1 Å². The van der Waals surface area contributed by atoms with Crippen molar-refractivity contribution in [3.63, 3.8) is 0 Å². The molecule has 1 aromatic heterocycles. The highest BCUT2D eigenvalue weighted by molar-refractivity contribution is 7.89. The molecule has 1 aliphatic heterocycles. The first-order valence-corrected chi connectivity index (χ1v) is 14.8. The second-order valence-electron chi connectivity index (χ2n) is 9.70. The second-order valence-corrected chi connectivity index (χ2v) is 11.6. The molecule has 0 atom stereocenters. The number of hydrogen-bond donors (Lipinski definition) is 2. The van der Waals surface area contributed by atoms with Crippen LogP contribution in [-0.4, -0.2) is 63.1 Å². The third-order valence-electron chi connectivity index (χ3n) is 6.89. The number of hydrogen-bond acceptors (Lipinski definition) is 9. The first-order valence-electron chi connectivity index (χ1n) is 13.3. The number of sulfonamides is 1. The van der Waals surface area contributed by atoms with Gasteiger partial charge < -0.3 is 25.0 Å². The van der Waals surface area contributed by atoms with Crippen LogP contribution in [-0.2, 0) is 16.6 Å². The lowest BCUT2D eigenvalue weighted by molar-refractivity contribution is 0.382. The monoisotopic (exact) mass is 574 g/mol. The van der Waals surface area contributed by atoms with Crippen LogP contribution in [0.1, 0.15) is 11.1 Å². The zero-order valence-electron chi connectivity index (χ0n) is 23.4. The van der Waals surface area contributed by atoms with Crippen molar-refractivity contribution in [3.05, 3.63) is 90.0 Å². The molecule has 0 saturated carbocycles. The van der Waals surface area contributed by atoms with Crippen LogP contribution < -0.4 is 25.0 Å². The number of ether oxygens (including phenoxy) is 2. The Labute approximate surface area is 241 Å². The fourth-order valence-corrected chi connectivity index (χ4v) is 5.90. The van der Waals surface area contributed by atoms with Crippen LogP contribution in [0.4, 0.5) is 23.3 Å². The number of anilines is 4. The van der Waals surface area contributed by atoms with Crippen LogP contribution in [0.15, 0.2) is 83.8 Å². The summed E-state index contributed by atoms with van der Waals surface area (Å²) < 4.78 is 38.4. The Balaban J connectivity index is 1.33. The molecule has 3 aromatic carbocycles. The average molecular weight is 575 g/mol. The van der Waals surface area contributed by atoms with Gasteiger partial charge in [-0.2, -0.15) is 14.3 Å². The molecule has 2 N–H and O–H groups in total. The van der Waals surface area contributed by atoms with Gasteiger partial charge in [-0.1, -0.05) is 29.8 Å². The van der Waals surface area contributed by atoms with E-state index in [0.29, 0.717) is 56.1 Å². The van der Waals surface area contributed by atoms with E-state index in [1.165, 1.54) is 9.87 Å². The highest BCUT2D eigenvalue weighted by atomic mass is 32.2. The molecular formula is C30H34N6O4S. The molecule has 1 saturated heterocycles. The summed E-state index contributed by atoms with van der Waals surface area (Å²) in [6, 6.07) is 24.3. The molecule has 10 nitrogen and oxygen atoms in total. The Morgan fingerprint density at radius 3 is 1.98 bits per heavy atom. The van der Waals surface area contributed by atoms with Crippen LogP contribution in [0.3, 0.4) is 0 Å². The van der Waals surface area contributed by atoms with Gasteiger partial charge >= 0.3 is 0 Å². The zero-order chi connectivity index (χ0) is 28.8. The quantitative estimate of drug-likeness (QED) is 0.279. The van der Waals surface area contributed by atoms with Gasteiger partial charge in [-0.15, -0.1) is 0 Å². The van der Waals surface area contributed by atoms with E-state index >= 15 is 0 Å². The van der Waals surface area contributed by atoms with E-state index in [4.69, 9.17) is 19.4 Å². The maximum Gasteiger partial charge on any atom is 0.243 e. The molecule has 2 heterocycles. The average Bonchev–Trinajstić information content (AvgIpc) is 3.01. The number of piperazine rings is 1. The lowest BCUT2D eigenvalue weighted by Crippen LogP contribution is -2.49. The van der Waals surface area contributed by atoms with E-state index < -0.39 is 10.0 Å². The van der Waals surface area contributed by atoms with Crippen LogP contribution in [0, 0.1) is 6.92 Å². The van der Waals surface area contributed by atoms with Crippen LogP contribution in [0.5, 0.6) is 11.5 Å². The van der Waals surface area contributed by atoms with Crippen molar-refractivity contribution in [2.75, 3.05) is 55.9 Å². The molecular weight excluding hydrogens is 540 g/mol. The van der Waals surface area contributed by atoms with Crippen molar-refractivity contribution < 1.29 is 17.9 Å². The van der Waals surface area contributed by atoms with E-state index in [9.17, 15) is 8.42 Å². The third kappa shape index (κ3) is 6.87. The highest BCUT2D eigenvalue weighted by Crippen LogP contribution is 2.25. The molecule has 0 spiro atoms. The number of methoxy groups -OCH3 is 2. The summed E-state index contributed by atoms with van der Waals surface area (Å²) in [5.41, 5.74) is 3.16. The molecule has 0 unspecified atom stereocenters. The summed E-state index contributed by atoms with van der Waals surface area (Å²) in [5, 5.41) is 6.78. The minimum absolute atomic E-state index is 0.248. The van der Waals surface area contributed by atoms with Crippen LogP contribution >= 0.6 is 0 Å². The van der Waals surface area contributed by atoms with Gasteiger partial charge in [-0.05, 0) is 61.0 Å². The SMILES string of the molecule is COc1ccc(CNc2cc(Nc3ccc(C)cc3)nc(N3CCN(S(=O)(=O)c4ccc(OC)cc4)CC3)n2)cc1. The Morgan fingerprint density at radius 2 is 1.37 bits per heavy atom. The smallest absolute Gasteiger partial charge is 0.243 e. The molecule has 0 aliphatic carbocycles. The number of rotatable bonds is 10. The number of nitrogens with one attached hydrogen (secondary N) is 2. The predicted octanol–water partition coefficient (Wildman–Crippen LogP) is 4.67. The first kappa shape index (κ1) is 28.2. The molecule has 0 radical (unpaired) electrons. The highest BCUT2D eigenvalue weighted by Gasteiger charge is 2.29. The van der Waals surface area contributed by atoms with Gasteiger partial charge in [0.2, 0.25) is 16.0 Å². The third-order valence-corrected chi connectivity index (χ3v) is 8.80. The fourth-order valence-electron chi connectivity index (χ4n) is 4.48. The van der Waals surface area contributed by atoms with Crippen molar-refractivity contribution in [2.24, 2.45) is 0 Å². The van der Waals surface area contributed by atoms with E-state index in [1.54, 1.807) is 38.5 Å². The normalized spacial score (nSPS) is 14.0. The summed E-state index contributed by atoms with van der Waals surface area (Å²) in [5.74, 6) is 3.25. The van der Waals surface area contributed by atoms with E-state index in [-0.39, 0.29) is 4.90 Å². The van der Waals surface area contributed by atoms with E-state index in [1.807, 2.05) is 66.4 Å². The van der Waals surface area contributed by atoms with Gasteiger partial charge in [0.25, 0.3) is 0 Å². The molecule has 0 bridgehead atoms. The topological polar surface area (TPSA) is 109 Å². The van der Waals surface area contributed by atoms with Crippen molar-refractivity contribution in [1.29, 1.82) is 0 Å². The molecule has 1 aliphatic rings. The lowest BCUT2D eigenvalue weighted by Gasteiger charge is -2.34. The summed E-state index contributed by atoms with van der Waals surface area (Å²) in [6.45, 7) is 4.17. The van der Waals surface area contributed by atoms with Crippen molar-refractivity contribution in [2.45, 2.75) is 18.4 Å². The lowest BCUT2D eigenvalue weighted by atomic mass is 10.2. The Hall–Kier alpha value is -4.35. The summed E-state index contributed by atoms with van der Waals surface area (Å²) in [6.07, 6.45) is 0. The summed E-state index contributed by atoms with van der Waals surface area (Å²) in [7, 11) is -0.424. The van der Waals surface area contributed by atoms with Gasteiger partial charge in [0, 0.05) is 44.5 Å². The molecule has 5 rings (SSSR count). The molecule has 214 valence electrons. The predicted molar refractivity (Wildman–Crippen MR) is 161 cm³/mol. The first-order chi connectivity index (χ1) is 19.8. The van der Waals surface area contributed by atoms with Gasteiger partial charge in [0.05, 0.1) is 19.1 Å². The molecule has 41 heavy (non-hydrogen) atoms. The minimum Gasteiger partial charge on any atom is -0.497 e. The molecule has 4 aromatic rings. The number of benzene rings is 3. The standard InChI is InChI=1S/C30H34N6O4S/c1-22-4-8-24(9-5-22)32-29-20-28(31-21-23-6-10-25(39-2)11-7-23)33-30(34-29)35-16-18-36(19-17-35)41(37,38)27-14-12-26(40-3)13-15-27/h4-15,20H,16-19,21H2,1-3H3,(H2,31,32,33,34). The van der Waals surface area contributed by atoms with Crippen molar-refractivity contribution in [1.82, 2.24) is 14.3 Å². The molecule has 1 fully saturated rings. The van der Waals surface area contributed by atoms with Crippen molar-refractivity contribution >= 4 is 33.3 Å².